The van der Waals surface area contributed by atoms with Crippen molar-refractivity contribution in [1.82, 2.24) is 4.90 Å². The van der Waals surface area contributed by atoms with Crippen LogP contribution >= 0.6 is 22.6 Å². The molecular weight excluding hydrogens is 361 g/mol. The number of hydrogen-bond acceptors (Lipinski definition) is 3. The Morgan fingerprint density at radius 3 is 2.67 bits per heavy atom. The number of halogens is 3. The standard InChI is InChI=1S/C10H9F2IN2O3/c1-14(5-9(11)12)10(16)7-4-6(15(17)18)2-3-8(7)13/h2-4,9H,5H2,1H3. The van der Waals surface area contributed by atoms with Gasteiger partial charge in [0.1, 0.15) is 0 Å². The van der Waals surface area contributed by atoms with Crippen LogP contribution in [0.15, 0.2) is 18.2 Å². The van der Waals surface area contributed by atoms with Gasteiger partial charge in [0.2, 0.25) is 0 Å². The summed E-state index contributed by atoms with van der Waals surface area (Å²) in [5, 5.41) is 10.6. The Kier molecular flexibility index (Phi) is 4.93. The summed E-state index contributed by atoms with van der Waals surface area (Å²) in [5.74, 6) is -0.664. The molecule has 0 saturated heterocycles. The lowest BCUT2D eigenvalue weighted by Gasteiger charge is -2.17. The first kappa shape index (κ1) is 14.7. The first-order chi connectivity index (χ1) is 8.32. The zero-order chi connectivity index (χ0) is 13.9. The predicted octanol–water partition coefficient (Wildman–Crippen LogP) is 2.54. The highest BCUT2D eigenvalue weighted by Gasteiger charge is 2.20. The fourth-order valence-corrected chi connectivity index (χ4v) is 1.85. The smallest absolute Gasteiger partial charge is 0.270 e. The molecule has 0 radical (unpaired) electrons. The lowest BCUT2D eigenvalue weighted by molar-refractivity contribution is -0.384. The molecule has 0 spiro atoms. The van der Waals surface area contributed by atoms with Crippen LogP contribution in [0.4, 0.5) is 14.5 Å². The molecule has 0 unspecified atom stereocenters. The van der Waals surface area contributed by atoms with Crippen molar-refractivity contribution < 1.29 is 18.5 Å². The van der Waals surface area contributed by atoms with Crippen molar-refractivity contribution in [2.24, 2.45) is 0 Å². The molecule has 0 aliphatic heterocycles. The third-order valence-corrected chi connectivity index (χ3v) is 3.09. The Hall–Kier alpha value is -1.32. The second-order valence-corrected chi connectivity index (χ2v) is 4.66. The highest BCUT2D eigenvalue weighted by molar-refractivity contribution is 14.1. The highest BCUT2D eigenvalue weighted by atomic mass is 127. The highest BCUT2D eigenvalue weighted by Crippen LogP contribution is 2.21. The quantitative estimate of drug-likeness (QED) is 0.465. The van der Waals surface area contributed by atoms with Crippen molar-refractivity contribution in [3.05, 3.63) is 37.4 Å². The Balaban J connectivity index is 3.04. The van der Waals surface area contributed by atoms with E-state index in [-0.39, 0.29) is 11.3 Å². The first-order valence-corrected chi connectivity index (χ1v) is 5.88. The summed E-state index contributed by atoms with van der Waals surface area (Å²) in [6, 6.07) is 3.75. The van der Waals surface area contributed by atoms with E-state index in [0.717, 1.165) is 11.0 Å². The number of nitro benzene ring substituents is 1. The number of non-ortho nitro benzene ring substituents is 1. The number of carbonyl (C=O) groups is 1. The molecule has 0 fully saturated rings. The second kappa shape index (κ2) is 6.03. The molecule has 5 nitrogen and oxygen atoms in total. The van der Waals surface area contributed by atoms with E-state index >= 15 is 0 Å². The minimum Gasteiger partial charge on any atom is -0.336 e. The average molecular weight is 370 g/mol. The monoisotopic (exact) mass is 370 g/mol. The molecule has 0 heterocycles. The molecular formula is C10H9F2IN2O3. The molecule has 0 atom stereocenters. The van der Waals surface area contributed by atoms with Crippen LogP contribution in [0.2, 0.25) is 0 Å². The maximum atomic E-state index is 12.2. The van der Waals surface area contributed by atoms with Gasteiger partial charge < -0.3 is 4.90 Å². The van der Waals surface area contributed by atoms with Crippen LogP contribution in [0, 0.1) is 13.7 Å². The largest absolute Gasteiger partial charge is 0.336 e. The van der Waals surface area contributed by atoms with Gasteiger partial charge in [0, 0.05) is 22.8 Å². The van der Waals surface area contributed by atoms with E-state index in [2.05, 4.69) is 0 Å². The number of nitro groups is 1. The predicted molar refractivity (Wildman–Crippen MR) is 68.8 cm³/mol. The SMILES string of the molecule is CN(CC(F)F)C(=O)c1cc([N+](=O)[O-])ccc1I. The topological polar surface area (TPSA) is 63.5 Å². The number of hydrogen-bond donors (Lipinski definition) is 0. The van der Waals surface area contributed by atoms with Crippen molar-refractivity contribution in [3.8, 4) is 0 Å². The van der Waals surface area contributed by atoms with Gasteiger partial charge in [-0.05, 0) is 28.7 Å². The Bertz CT molecular complexity index is 482. The van der Waals surface area contributed by atoms with E-state index in [1.54, 1.807) is 0 Å². The molecule has 1 aromatic carbocycles. The number of carbonyl (C=O) groups excluding carboxylic acids is 1. The number of rotatable bonds is 4. The summed E-state index contributed by atoms with van der Waals surface area (Å²) in [4.78, 5) is 22.6. The molecule has 0 aliphatic rings. The minimum absolute atomic E-state index is 0.0490. The molecule has 1 rings (SSSR count). The summed E-state index contributed by atoms with van der Waals surface area (Å²) in [7, 11) is 1.23. The lowest BCUT2D eigenvalue weighted by atomic mass is 10.2. The van der Waals surface area contributed by atoms with Crippen molar-refractivity contribution in [1.29, 1.82) is 0 Å². The van der Waals surface area contributed by atoms with E-state index in [4.69, 9.17) is 0 Å². The van der Waals surface area contributed by atoms with E-state index in [9.17, 15) is 23.7 Å². The van der Waals surface area contributed by atoms with Crippen molar-refractivity contribution in [2.75, 3.05) is 13.6 Å². The third kappa shape index (κ3) is 3.59. The maximum Gasteiger partial charge on any atom is 0.270 e. The van der Waals surface area contributed by atoms with Gasteiger partial charge in [0.25, 0.3) is 18.0 Å². The fourth-order valence-electron chi connectivity index (χ4n) is 1.29. The fraction of sp³-hybridized carbons (Fsp3) is 0.300. The molecule has 0 N–H and O–H groups in total. The van der Waals surface area contributed by atoms with Crippen LogP contribution < -0.4 is 0 Å². The Labute approximate surface area is 115 Å². The van der Waals surface area contributed by atoms with E-state index in [1.165, 1.54) is 19.2 Å². The van der Waals surface area contributed by atoms with Gasteiger partial charge in [-0.2, -0.15) is 0 Å². The van der Waals surface area contributed by atoms with Gasteiger partial charge >= 0.3 is 0 Å². The van der Waals surface area contributed by atoms with Gasteiger partial charge in [0.05, 0.1) is 17.0 Å². The molecule has 0 bridgehead atoms. The third-order valence-electron chi connectivity index (χ3n) is 2.15. The van der Waals surface area contributed by atoms with E-state index in [0.29, 0.717) is 3.57 Å². The van der Waals surface area contributed by atoms with Crippen LogP contribution in [0.3, 0.4) is 0 Å². The summed E-state index contributed by atoms with van der Waals surface area (Å²) in [5.41, 5.74) is -0.197. The zero-order valence-corrected chi connectivity index (χ0v) is 11.4. The lowest BCUT2D eigenvalue weighted by Crippen LogP contribution is -2.31. The summed E-state index contributed by atoms with van der Waals surface area (Å²) >= 11 is 1.83. The van der Waals surface area contributed by atoms with Crippen LogP contribution in [-0.2, 0) is 0 Å². The van der Waals surface area contributed by atoms with E-state index < -0.39 is 23.8 Å². The molecule has 98 valence electrons. The molecule has 8 heteroatoms. The summed E-state index contributed by atoms with van der Waals surface area (Å²) in [6.07, 6.45) is -2.64. The Morgan fingerprint density at radius 1 is 1.56 bits per heavy atom. The Morgan fingerprint density at radius 2 is 2.17 bits per heavy atom. The number of nitrogens with zero attached hydrogens (tertiary/aromatic N) is 2. The van der Waals surface area contributed by atoms with Crippen LogP contribution in [0.5, 0.6) is 0 Å². The average Bonchev–Trinajstić information content (AvgIpc) is 2.27. The minimum atomic E-state index is -2.64. The van der Waals surface area contributed by atoms with Gasteiger partial charge in [-0.1, -0.05) is 0 Å². The normalized spacial score (nSPS) is 10.5. The van der Waals surface area contributed by atoms with Crippen molar-refractivity contribution in [3.63, 3.8) is 0 Å². The molecule has 18 heavy (non-hydrogen) atoms. The van der Waals surface area contributed by atoms with E-state index in [1.807, 2.05) is 22.6 Å². The maximum absolute atomic E-state index is 12.2. The number of alkyl halides is 2. The van der Waals surface area contributed by atoms with Crippen LogP contribution in [-0.4, -0.2) is 35.7 Å². The molecule has 0 aliphatic carbocycles. The molecule has 0 saturated carbocycles. The van der Waals surface area contributed by atoms with Gasteiger partial charge in [-0.15, -0.1) is 0 Å². The molecule has 1 aromatic rings. The first-order valence-electron chi connectivity index (χ1n) is 4.80. The van der Waals surface area contributed by atoms with Crippen molar-refractivity contribution >= 4 is 34.2 Å². The summed E-state index contributed by atoms with van der Waals surface area (Å²) < 4.78 is 24.8. The van der Waals surface area contributed by atoms with Crippen LogP contribution in [0.1, 0.15) is 10.4 Å². The number of amides is 1. The second-order valence-electron chi connectivity index (χ2n) is 3.50. The summed E-state index contributed by atoms with van der Waals surface area (Å²) in [6.45, 7) is -0.711. The zero-order valence-electron chi connectivity index (χ0n) is 9.27. The molecule has 0 aromatic heterocycles. The van der Waals surface area contributed by atoms with Crippen LogP contribution in [0.25, 0.3) is 0 Å². The number of benzene rings is 1. The van der Waals surface area contributed by atoms with Gasteiger partial charge in [-0.3, -0.25) is 14.9 Å². The van der Waals surface area contributed by atoms with Gasteiger partial charge in [-0.25, -0.2) is 8.78 Å². The van der Waals surface area contributed by atoms with Crippen molar-refractivity contribution in [2.45, 2.75) is 6.43 Å². The van der Waals surface area contributed by atoms with Gasteiger partial charge in [0.15, 0.2) is 0 Å². The molecule has 1 amide bonds.